The van der Waals surface area contributed by atoms with E-state index in [1.807, 2.05) is 0 Å². The first-order valence-electron chi connectivity index (χ1n) is 16.9. The number of thiophene rings is 2. The van der Waals surface area contributed by atoms with Gasteiger partial charge < -0.3 is 4.57 Å². The number of fused-ring (bicyclic) bond motifs is 9. The second kappa shape index (κ2) is 11.2. The van der Waals surface area contributed by atoms with Crippen molar-refractivity contribution in [3.8, 4) is 39.9 Å². The first kappa shape index (κ1) is 28.6. The number of nitrogens with zero attached hydrogens (tertiary/aromatic N) is 4. The van der Waals surface area contributed by atoms with Crippen molar-refractivity contribution in [1.29, 1.82) is 0 Å². The zero-order valence-electron chi connectivity index (χ0n) is 27.1. The molecule has 0 amide bonds. The molecular formula is C45H26N4S2. The maximum Gasteiger partial charge on any atom is 0.166 e. The van der Waals surface area contributed by atoms with E-state index in [0.717, 1.165) is 38.8 Å². The lowest BCUT2D eigenvalue weighted by Gasteiger charge is -2.13. The predicted octanol–water partition coefficient (Wildman–Crippen LogP) is 12.7. The maximum absolute atomic E-state index is 5.36. The molecule has 6 heteroatoms. The Morgan fingerprint density at radius 2 is 0.980 bits per heavy atom. The number of hydrogen-bond donors (Lipinski definition) is 0. The molecular weight excluding hydrogens is 661 g/mol. The quantitative estimate of drug-likeness (QED) is 0.185. The van der Waals surface area contributed by atoms with Gasteiger partial charge >= 0.3 is 0 Å². The van der Waals surface area contributed by atoms with Crippen molar-refractivity contribution < 1.29 is 0 Å². The fourth-order valence-corrected chi connectivity index (χ4v) is 9.89. The molecule has 0 radical (unpaired) electrons. The van der Waals surface area contributed by atoms with Crippen LogP contribution in [0.2, 0.25) is 0 Å². The van der Waals surface area contributed by atoms with Gasteiger partial charge in [0.2, 0.25) is 0 Å². The normalized spacial score (nSPS) is 11.9. The fourth-order valence-electron chi connectivity index (χ4n) is 7.62. The van der Waals surface area contributed by atoms with Gasteiger partial charge in [0, 0.05) is 73.5 Å². The monoisotopic (exact) mass is 686 g/mol. The van der Waals surface area contributed by atoms with Gasteiger partial charge in [0.25, 0.3) is 0 Å². The number of rotatable bonds is 4. The van der Waals surface area contributed by atoms with Crippen molar-refractivity contribution in [2.45, 2.75) is 0 Å². The minimum Gasteiger partial charge on any atom is -0.309 e. The molecule has 0 N–H and O–H groups in total. The third-order valence-electron chi connectivity index (χ3n) is 9.87. The first-order valence-corrected chi connectivity index (χ1v) is 18.6. The third-order valence-corrected chi connectivity index (χ3v) is 12.1. The number of aromatic nitrogens is 4. The van der Waals surface area contributed by atoms with Gasteiger partial charge in [-0.15, -0.1) is 22.7 Å². The number of hydrogen-bond acceptors (Lipinski definition) is 5. The summed E-state index contributed by atoms with van der Waals surface area (Å²) in [5.41, 5.74) is 6.25. The second-order valence-corrected chi connectivity index (χ2v) is 14.9. The van der Waals surface area contributed by atoms with E-state index in [4.69, 9.17) is 15.0 Å². The van der Waals surface area contributed by atoms with Gasteiger partial charge in [-0.3, -0.25) is 0 Å². The smallest absolute Gasteiger partial charge is 0.166 e. The van der Waals surface area contributed by atoms with Crippen LogP contribution in [0.5, 0.6) is 0 Å². The molecule has 4 nitrogen and oxygen atoms in total. The van der Waals surface area contributed by atoms with Crippen LogP contribution in [0.15, 0.2) is 158 Å². The Balaban J connectivity index is 1.23. The summed E-state index contributed by atoms with van der Waals surface area (Å²) >= 11 is 3.61. The molecule has 0 fully saturated rings. The van der Waals surface area contributed by atoms with E-state index >= 15 is 0 Å². The van der Waals surface area contributed by atoms with Crippen LogP contribution in [-0.2, 0) is 0 Å². The van der Waals surface area contributed by atoms with Gasteiger partial charge in [-0.25, -0.2) is 15.0 Å². The molecule has 51 heavy (non-hydrogen) atoms. The molecule has 11 rings (SSSR count). The van der Waals surface area contributed by atoms with E-state index < -0.39 is 0 Å². The maximum atomic E-state index is 5.36. The molecule has 4 heterocycles. The van der Waals surface area contributed by atoms with Crippen LogP contribution in [0.25, 0.3) is 102 Å². The minimum absolute atomic E-state index is 0.647. The number of para-hydroxylation sites is 3. The Morgan fingerprint density at radius 1 is 0.392 bits per heavy atom. The van der Waals surface area contributed by atoms with E-state index in [1.54, 1.807) is 22.7 Å². The Hall–Kier alpha value is -6.21. The van der Waals surface area contributed by atoms with E-state index in [-0.39, 0.29) is 0 Å². The lowest BCUT2D eigenvalue weighted by Crippen LogP contribution is -2.02. The predicted molar refractivity (Wildman–Crippen MR) is 216 cm³/mol. The Morgan fingerprint density at radius 3 is 1.84 bits per heavy atom. The largest absolute Gasteiger partial charge is 0.309 e. The minimum atomic E-state index is 0.647. The van der Waals surface area contributed by atoms with Gasteiger partial charge in [-0.1, -0.05) is 109 Å². The lowest BCUT2D eigenvalue weighted by atomic mass is 10.0. The highest BCUT2D eigenvalue weighted by atomic mass is 32.1. The molecule has 238 valence electrons. The molecule has 0 saturated carbocycles. The molecule has 0 saturated heterocycles. The van der Waals surface area contributed by atoms with Crippen molar-refractivity contribution in [1.82, 2.24) is 19.5 Å². The number of benzene rings is 7. The van der Waals surface area contributed by atoms with Gasteiger partial charge in [-0.05, 0) is 48.5 Å². The van der Waals surface area contributed by atoms with Gasteiger partial charge in [-0.2, -0.15) is 0 Å². The third kappa shape index (κ3) is 4.40. The molecule has 0 atom stereocenters. The van der Waals surface area contributed by atoms with Crippen LogP contribution in [0.1, 0.15) is 0 Å². The molecule has 0 bridgehead atoms. The molecule has 0 spiro atoms. The van der Waals surface area contributed by atoms with Crippen LogP contribution >= 0.6 is 22.7 Å². The van der Waals surface area contributed by atoms with Crippen LogP contribution < -0.4 is 0 Å². The second-order valence-electron chi connectivity index (χ2n) is 12.8. The van der Waals surface area contributed by atoms with Crippen LogP contribution in [0, 0.1) is 0 Å². The van der Waals surface area contributed by atoms with E-state index in [1.165, 1.54) is 45.7 Å². The summed E-state index contributed by atoms with van der Waals surface area (Å²) in [5, 5.41) is 7.27. The van der Waals surface area contributed by atoms with Crippen molar-refractivity contribution in [2.75, 3.05) is 0 Å². The highest BCUT2D eigenvalue weighted by molar-refractivity contribution is 7.26. The topological polar surface area (TPSA) is 43.6 Å². The average molecular weight is 687 g/mol. The van der Waals surface area contributed by atoms with E-state index in [0.29, 0.717) is 17.5 Å². The van der Waals surface area contributed by atoms with E-state index in [2.05, 4.69) is 162 Å². The van der Waals surface area contributed by atoms with Crippen molar-refractivity contribution in [2.24, 2.45) is 0 Å². The summed E-state index contributed by atoms with van der Waals surface area (Å²) < 4.78 is 7.31. The Bertz CT molecular complexity index is 3150. The summed E-state index contributed by atoms with van der Waals surface area (Å²) in [6.07, 6.45) is 0. The molecule has 4 aromatic heterocycles. The molecule has 0 aliphatic carbocycles. The molecule has 0 aliphatic rings. The summed E-state index contributed by atoms with van der Waals surface area (Å²) in [6.45, 7) is 0. The zero-order chi connectivity index (χ0) is 33.5. The van der Waals surface area contributed by atoms with Gasteiger partial charge in [0.1, 0.15) is 0 Å². The van der Waals surface area contributed by atoms with E-state index in [9.17, 15) is 0 Å². The van der Waals surface area contributed by atoms with Crippen molar-refractivity contribution >= 4 is 84.8 Å². The molecule has 7 aromatic carbocycles. The highest BCUT2D eigenvalue weighted by Crippen LogP contribution is 2.42. The summed E-state index contributed by atoms with van der Waals surface area (Å²) in [7, 11) is 0. The Labute approximate surface area is 300 Å². The van der Waals surface area contributed by atoms with Gasteiger partial charge in [0.05, 0.1) is 11.0 Å². The summed E-state index contributed by atoms with van der Waals surface area (Å²) in [6, 6.07) is 56.0. The zero-order valence-corrected chi connectivity index (χ0v) is 28.7. The van der Waals surface area contributed by atoms with Crippen molar-refractivity contribution in [3.63, 3.8) is 0 Å². The summed E-state index contributed by atoms with van der Waals surface area (Å²) in [4.78, 5) is 16.0. The van der Waals surface area contributed by atoms with Crippen LogP contribution in [0.3, 0.4) is 0 Å². The molecule has 0 unspecified atom stereocenters. The standard InChI is InChI=1S/C45H26N4S2/c1-2-12-28(13-3-1)49-36-20-7-4-14-29(36)32-17-10-19-35(42(32)49)45-47-43(27-24-25-31-30-15-5-8-21-37(30)51-40(31)26-27)46-44(48-45)34-18-11-23-39-41(34)33-16-6-9-22-38(33)50-39/h1-26H. The van der Waals surface area contributed by atoms with Gasteiger partial charge in [0.15, 0.2) is 17.5 Å². The first-order chi connectivity index (χ1) is 25.3. The lowest BCUT2D eigenvalue weighted by molar-refractivity contribution is 1.07. The van der Waals surface area contributed by atoms with Crippen molar-refractivity contribution in [3.05, 3.63) is 158 Å². The summed E-state index contributed by atoms with van der Waals surface area (Å²) in [5.74, 6) is 1.97. The SMILES string of the molecule is c1ccc(-n2c3ccccc3c3cccc(-c4nc(-c5ccc6c(c5)sc5ccccc56)nc(-c5cccc6sc7ccccc7c56)n4)c32)cc1. The molecule has 0 aliphatic heterocycles. The fraction of sp³-hybridized carbons (Fsp3) is 0. The molecule has 11 aromatic rings. The van der Waals surface area contributed by atoms with Crippen LogP contribution in [-0.4, -0.2) is 19.5 Å². The Kier molecular flexibility index (Phi) is 6.26. The highest BCUT2D eigenvalue weighted by Gasteiger charge is 2.21. The van der Waals surface area contributed by atoms with Crippen LogP contribution in [0.4, 0.5) is 0 Å². The average Bonchev–Trinajstić information content (AvgIpc) is 3.87.